The monoisotopic (exact) mass is 240 g/mol. The van der Waals surface area contributed by atoms with Crippen LogP contribution in [-0.4, -0.2) is 13.1 Å². The van der Waals surface area contributed by atoms with E-state index in [0.29, 0.717) is 0 Å². The molecule has 1 aliphatic rings. The Balaban J connectivity index is 0.00000128. The van der Waals surface area contributed by atoms with Gasteiger partial charge < -0.3 is 22.9 Å². The van der Waals surface area contributed by atoms with Crippen LogP contribution in [-0.2, 0) is 9.53 Å². The molecule has 0 radical (unpaired) electrons. The highest BCUT2D eigenvalue weighted by atomic mass is 35.5. The van der Waals surface area contributed by atoms with E-state index in [0.717, 1.165) is 12.0 Å². The third-order valence-electron chi connectivity index (χ3n) is 2.99. The van der Waals surface area contributed by atoms with Gasteiger partial charge in [0.25, 0.3) is 0 Å². The van der Waals surface area contributed by atoms with E-state index >= 15 is 0 Å². The fourth-order valence-corrected chi connectivity index (χ4v) is 1.96. The Hall–Kier alpha value is -1.06. The minimum absolute atomic E-state index is 0. The predicted molar refractivity (Wildman–Crippen MR) is 57.0 cm³/mol. The number of rotatable bonds is 3. The molecule has 0 spiro atoms. The average Bonchev–Trinajstić information content (AvgIpc) is 3.08. The van der Waals surface area contributed by atoms with Gasteiger partial charge in [-0.2, -0.15) is 0 Å². The molecule has 0 aromatic heterocycles. The fraction of sp³-hybridized carbons (Fsp3) is 0.417. The maximum atomic E-state index is 11.2. The third-order valence-corrected chi connectivity index (χ3v) is 2.99. The molecule has 3 unspecified atom stereocenters. The molecule has 0 heterocycles. The van der Waals surface area contributed by atoms with Crippen LogP contribution in [0.3, 0.4) is 0 Å². The highest BCUT2D eigenvalue weighted by Gasteiger charge is 2.47. The molecule has 0 saturated heterocycles. The number of carbonyl (C=O) groups is 1. The lowest BCUT2D eigenvalue weighted by Crippen LogP contribution is -3.00. The van der Waals surface area contributed by atoms with Crippen molar-refractivity contribution in [1.82, 2.24) is 0 Å². The zero-order valence-corrected chi connectivity index (χ0v) is 9.85. The lowest BCUT2D eigenvalue weighted by molar-refractivity contribution is -0.142. The number of ether oxygens (including phenoxy) is 1. The summed E-state index contributed by atoms with van der Waals surface area (Å²) in [6, 6.07) is 9.83. The van der Waals surface area contributed by atoms with Crippen LogP contribution in [0.4, 0.5) is 0 Å². The predicted octanol–water partition coefficient (Wildman–Crippen LogP) is -1.50. The second kappa shape index (κ2) is 5.32. The molecule has 1 fully saturated rings. The van der Waals surface area contributed by atoms with Crippen molar-refractivity contribution in [3.05, 3.63) is 35.9 Å². The third kappa shape index (κ3) is 2.54. The summed E-state index contributed by atoms with van der Waals surface area (Å²) in [5.41, 5.74) is 7.17. The second-order valence-corrected chi connectivity index (χ2v) is 3.97. The number of halogens is 1. The Morgan fingerprint density at radius 3 is 2.62 bits per heavy atom. The summed E-state index contributed by atoms with van der Waals surface area (Å²) in [7, 11) is 1.42. The van der Waals surface area contributed by atoms with Crippen LogP contribution in [0.15, 0.2) is 30.3 Å². The van der Waals surface area contributed by atoms with E-state index in [1.165, 1.54) is 7.11 Å². The minimum Gasteiger partial charge on any atom is -1.00 e. The van der Waals surface area contributed by atoms with Gasteiger partial charge in [-0.1, -0.05) is 30.3 Å². The van der Waals surface area contributed by atoms with Crippen molar-refractivity contribution in [1.29, 1.82) is 0 Å². The number of nitrogens with two attached hydrogens (primary N) is 1. The van der Waals surface area contributed by atoms with Crippen LogP contribution in [0, 0.1) is 11.8 Å². The first-order chi connectivity index (χ1) is 7.24. The van der Waals surface area contributed by atoms with Gasteiger partial charge in [0.2, 0.25) is 0 Å². The smallest absolute Gasteiger partial charge is 0.309 e. The molecule has 2 N–H and O–H groups in total. The van der Waals surface area contributed by atoms with Gasteiger partial charge in [-0.15, -0.1) is 0 Å². The molecule has 16 heavy (non-hydrogen) atoms. The highest BCUT2D eigenvalue weighted by molar-refractivity contribution is 5.75. The molecule has 0 aliphatic heterocycles. The topological polar surface area (TPSA) is 52.3 Å². The van der Waals surface area contributed by atoms with Gasteiger partial charge in [-0.3, -0.25) is 4.79 Å². The standard InChI is InChI=1S/C12H15NO2.ClH/c1-15-12(14)10-7-9(10)11(13)8-5-3-2-4-6-8;/h2-6,9-11H,7,13H2,1H3;1H/p-1. The molecule has 1 aromatic carbocycles. The van der Waals surface area contributed by atoms with Crippen LogP contribution in [0.5, 0.6) is 0 Å². The summed E-state index contributed by atoms with van der Waals surface area (Å²) in [5, 5.41) is 0. The average molecular weight is 241 g/mol. The minimum atomic E-state index is -0.133. The number of carbonyl (C=O) groups excluding carboxylic acids is 1. The normalized spacial score (nSPS) is 24.1. The lowest BCUT2D eigenvalue weighted by Gasteiger charge is -2.10. The van der Waals surface area contributed by atoms with Crippen molar-refractivity contribution in [2.45, 2.75) is 12.5 Å². The molecular weight excluding hydrogens is 226 g/mol. The zero-order chi connectivity index (χ0) is 10.8. The molecule has 0 amide bonds. The van der Waals surface area contributed by atoms with Gasteiger partial charge >= 0.3 is 5.97 Å². The first-order valence-electron chi connectivity index (χ1n) is 5.12. The van der Waals surface area contributed by atoms with E-state index in [-0.39, 0.29) is 36.3 Å². The molecule has 1 aromatic rings. The summed E-state index contributed by atoms with van der Waals surface area (Å²) in [6.45, 7) is 0. The van der Waals surface area contributed by atoms with Crippen molar-refractivity contribution < 1.29 is 21.9 Å². The van der Waals surface area contributed by atoms with Crippen molar-refractivity contribution in [3.63, 3.8) is 0 Å². The van der Waals surface area contributed by atoms with E-state index in [1.807, 2.05) is 30.3 Å². The highest BCUT2D eigenvalue weighted by Crippen LogP contribution is 2.46. The Bertz CT molecular complexity index is 355. The number of esters is 1. The zero-order valence-electron chi connectivity index (χ0n) is 9.10. The van der Waals surface area contributed by atoms with Gasteiger partial charge in [0.1, 0.15) is 0 Å². The lowest BCUT2D eigenvalue weighted by atomic mass is 10.0. The summed E-state index contributed by atoms with van der Waals surface area (Å²) in [6.07, 6.45) is 0.850. The maximum Gasteiger partial charge on any atom is 0.309 e. The molecule has 1 saturated carbocycles. The van der Waals surface area contributed by atoms with Crippen LogP contribution < -0.4 is 18.1 Å². The van der Waals surface area contributed by atoms with Crippen LogP contribution in [0.25, 0.3) is 0 Å². The van der Waals surface area contributed by atoms with Gasteiger partial charge in [0, 0.05) is 6.04 Å². The molecule has 88 valence electrons. The SMILES string of the molecule is COC(=O)C1CC1C(N)c1ccccc1.[Cl-]. The largest absolute Gasteiger partial charge is 1.00 e. The van der Waals surface area contributed by atoms with Crippen LogP contribution >= 0.6 is 0 Å². The summed E-state index contributed by atoms with van der Waals surface area (Å²) in [5.74, 6) is 0.122. The molecule has 3 atom stereocenters. The first kappa shape index (κ1) is 13.0. The Morgan fingerprint density at radius 1 is 1.44 bits per heavy atom. The summed E-state index contributed by atoms with van der Waals surface area (Å²) in [4.78, 5) is 11.2. The van der Waals surface area contributed by atoms with Gasteiger partial charge in [0.05, 0.1) is 13.0 Å². The second-order valence-electron chi connectivity index (χ2n) is 3.97. The first-order valence-corrected chi connectivity index (χ1v) is 5.12. The number of hydrogen-bond acceptors (Lipinski definition) is 3. The van der Waals surface area contributed by atoms with Crippen LogP contribution in [0.1, 0.15) is 18.0 Å². The van der Waals surface area contributed by atoms with Gasteiger partial charge in [-0.05, 0) is 17.9 Å². The van der Waals surface area contributed by atoms with Crippen LogP contribution in [0.2, 0.25) is 0 Å². The van der Waals surface area contributed by atoms with Gasteiger partial charge in [-0.25, -0.2) is 0 Å². The van der Waals surface area contributed by atoms with Crippen molar-refractivity contribution in [2.24, 2.45) is 17.6 Å². The van der Waals surface area contributed by atoms with Crippen molar-refractivity contribution in [3.8, 4) is 0 Å². The molecule has 0 bridgehead atoms. The van der Waals surface area contributed by atoms with E-state index in [9.17, 15) is 4.79 Å². The number of hydrogen-bond donors (Lipinski definition) is 1. The summed E-state index contributed by atoms with van der Waals surface area (Å²) < 4.78 is 4.70. The Kier molecular flexibility index (Phi) is 4.33. The maximum absolute atomic E-state index is 11.2. The van der Waals surface area contributed by atoms with E-state index in [4.69, 9.17) is 10.5 Å². The van der Waals surface area contributed by atoms with E-state index < -0.39 is 0 Å². The van der Waals surface area contributed by atoms with E-state index in [1.54, 1.807) is 0 Å². The molecule has 4 heteroatoms. The Morgan fingerprint density at radius 2 is 2.06 bits per heavy atom. The number of methoxy groups -OCH3 is 1. The molecule has 3 nitrogen and oxygen atoms in total. The van der Waals surface area contributed by atoms with E-state index in [2.05, 4.69) is 0 Å². The van der Waals surface area contributed by atoms with Gasteiger partial charge in [0.15, 0.2) is 0 Å². The molecule has 2 rings (SSSR count). The summed E-state index contributed by atoms with van der Waals surface area (Å²) >= 11 is 0. The quantitative estimate of drug-likeness (QED) is 0.655. The number of benzene rings is 1. The fourth-order valence-electron chi connectivity index (χ4n) is 1.96. The molecular formula is C12H15ClNO2-. The Labute approximate surface area is 101 Å². The van der Waals surface area contributed by atoms with Crippen molar-refractivity contribution in [2.75, 3.05) is 7.11 Å². The van der Waals surface area contributed by atoms with Crippen molar-refractivity contribution >= 4 is 5.97 Å². The molecule has 1 aliphatic carbocycles.